The van der Waals surface area contributed by atoms with E-state index >= 15 is 0 Å². The lowest BCUT2D eigenvalue weighted by molar-refractivity contribution is -0.222. The number of carbonyl (C=O) groups is 2. The van der Waals surface area contributed by atoms with Gasteiger partial charge in [0, 0.05) is 19.4 Å². The van der Waals surface area contributed by atoms with Gasteiger partial charge < -0.3 is 14.0 Å². The molecule has 0 atom stereocenters. The monoisotopic (exact) mass is 327 g/mol. The third-order valence-electron chi connectivity index (χ3n) is 3.64. The molecule has 0 N–H and O–H groups in total. The predicted octanol–water partition coefficient (Wildman–Crippen LogP) is 3.18. The van der Waals surface area contributed by atoms with E-state index < -0.39 is 17.7 Å². The SMILES string of the molecule is Cc1noc(C)c1-c1cccc(C=C2C(=O)OC(C)(C)OC2=O)c1. The van der Waals surface area contributed by atoms with Crippen LogP contribution in [0, 0.1) is 13.8 Å². The van der Waals surface area contributed by atoms with Gasteiger partial charge in [-0.15, -0.1) is 0 Å². The van der Waals surface area contributed by atoms with E-state index in [0.29, 0.717) is 11.3 Å². The third-order valence-corrected chi connectivity index (χ3v) is 3.64. The van der Waals surface area contributed by atoms with Crippen molar-refractivity contribution in [2.24, 2.45) is 0 Å². The van der Waals surface area contributed by atoms with Gasteiger partial charge in [0.05, 0.1) is 5.69 Å². The Morgan fingerprint density at radius 1 is 1.08 bits per heavy atom. The van der Waals surface area contributed by atoms with Crippen LogP contribution in [0.1, 0.15) is 30.9 Å². The van der Waals surface area contributed by atoms with E-state index in [2.05, 4.69) is 5.16 Å². The molecule has 1 aliphatic heterocycles. The average molecular weight is 327 g/mol. The summed E-state index contributed by atoms with van der Waals surface area (Å²) in [5.74, 6) is -1.93. The number of nitrogens with zero attached hydrogens (tertiary/aromatic N) is 1. The van der Waals surface area contributed by atoms with Crippen molar-refractivity contribution in [2.45, 2.75) is 33.5 Å². The van der Waals surface area contributed by atoms with Gasteiger partial charge in [-0.2, -0.15) is 0 Å². The van der Waals surface area contributed by atoms with Crippen LogP contribution in [-0.4, -0.2) is 22.9 Å². The van der Waals surface area contributed by atoms with E-state index in [1.807, 2.05) is 32.0 Å². The van der Waals surface area contributed by atoms with Crippen molar-refractivity contribution in [3.05, 3.63) is 46.9 Å². The van der Waals surface area contributed by atoms with Crippen LogP contribution >= 0.6 is 0 Å². The number of esters is 2. The van der Waals surface area contributed by atoms with Crippen LogP contribution in [0.25, 0.3) is 17.2 Å². The quantitative estimate of drug-likeness (QED) is 0.479. The molecule has 6 heteroatoms. The minimum absolute atomic E-state index is 0.134. The Labute approximate surface area is 139 Å². The van der Waals surface area contributed by atoms with Gasteiger partial charge in [0.1, 0.15) is 11.3 Å². The summed E-state index contributed by atoms with van der Waals surface area (Å²) in [6.07, 6.45) is 1.46. The van der Waals surface area contributed by atoms with Crippen molar-refractivity contribution < 1.29 is 23.6 Å². The highest BCUT2D eigenvalue weighted by atomic mass is 16.7. The fraction of sp³-hybridized carbons (Fsp3) is 0.278. The molecule has 0 bridgehead atoms. The molecule has 0 radical (unpaired) electrons. The maximum Gasteiger partial charge on any atom is 0.348 e. The van der Waals surface area contributed by atoms with Gasteiger partial charge in [0.15, 0.2) is 0 Å². The normalized spacial score (nSPS) is 16.6. The molecular weight excluding hydrogens is 310 g/mol. The maximum atomic E-state index is 12.0. The van der Waals surface area contributed by atoms with Crippen molar-refractivity contribution in [1.82, 2.24) is 5.16 Å². The summed E-state index contributed by atoms with van der Waals surface area (Å²) >= 11 is 0. The lowest BCUT2D eigenvalue weighted by atomic mass is 10.0. The largest absolute Gasteiger partial charge is 0.419 e. The highest BCUT2D eigenvalue weighted by Gasteiger charge is 2.38. The lowest BCUT2D eigenvalue weighted by Gasteiger charge is -2.29. The molecule has 1 saturated heterocycles. The molecule has 124 valence electrons. The van der Waals surface area contributed by atoms with Gasteiger partial charge in [-0.3, -0.25) is 0 Å². The van der Waals surface area contributed by atoms with Gasteiger partial charge in [0.25, 0.3) is 5.79 Å². The summed E-state index contributed by atoms with van der Waals surface area (Å²) in [4.78, 5) is 24.1. The van der Waals surface area contributed by atoms with Crippen LogP contribution in [-0.2, 0) is 19.1 Å². The van der Waals surface area contributed by atoms with Crippen molar-refractivity contribution >= 4 is 18.0 Å². The Bertz CT molecular complexity index is 819. The molecule has 0 unspecified atom stereocenters. The van der Waals surface area contributed by atoms with Crippen LogP contribution in [0.15, 0.2) is 34.4 Å². The van der Waals surface area contributed by atoms with Gasteiger partial charge in [-0.1, -0.05) is 23.4 Å². The number of carbonyl (C=O) groups excluding carboxylic acids is 2. The van der Waals surface area contributed by atoms with Crippen molar-refractivity contribution in [2.75, 3.05) is 0 Å². The molecule has 1 aromatic heterocycles. The lowest BCUT2D eigenvalue weighted by Crippen LogP contribution is -2.41. The van der Waals surface area contributed by atoms with Crippen LogP contribution in [0.4, 0.5) is 0 Å². The summed E-state index contributed by atoms with van der Waals surface area (Å²) in [5, 5.41) is 3.94. The Morgan fingerprint density at radius 2 is 1.75 bits per heavy atom. The van der Waals surface area contributed by atoms with Gasteiger partial charge in [0.2, 0.25) is 0 Å². The summed E-state index contributed by atoms with van der Waals surface area (Å²) in [6, 6.07) is 7.38. The molecular formula is C18H17NO5. The number of aromatic nitrogens is 1. The van der Waals surface area contributed by atoms with Gasteiger partial charge >= 0.3 is 11.9 Å². The predicted molar refractivity (Wildman–Crippen MR) is 85.7 cm³/mol. The van der Waals surface area contributed by atoms with Crippen molar-refractivity contribution in [3.63, 3.8) is 0 Å². The fourth-order valence-corrected chi connectivity index (χ4v) is 2.62. The number of aryl methyl sites for hydroxylation is 2. The molecule has 0 saturated carbocycles. The molecule has 1 aliphatic rings. The van der Waals surface area contributed by atoms with E-state index in [-0.39, 0.29) is 5.57 Å². The van der Waals surface area contributed by atoms with E-state index in [0.717, 1.165) is 16.8 Å². The Balaban J connectivity index is 1.98. The molecule has 1 fully saturated rings. The fourth-order valence-electron chi connectivity index (χ4n) is 2.62. The first-order valence-electron chi connectivity index (χ1n) is 7.48. The van der Waals surface area contributed by atoms with E-state index in [9.17, 15) is 9.59 Å². The second kappa shape index (κ2) is 5.63. The summed E-state index contributed by atoms with van der Waals surface area (Å²) in [5.41, 5.74) is 3.10. The minimum Gasteiger partial charge on any atom is -0.419 e. The second-order valence-electron chi connectivity index (χ2n) is 6.06. The molecule has 2 aromatic rings. The summed E-state index contributed by atoms with van der Waals surface area (Å²) in [7, 11) is 0. The highest BCUT2D eigenvalue weighted by Crippen LogP contribution is 2.29. The van der Waals surface area contributed by atoms with E-state index in [4.69, 9.17) is 14.0 Å². The number of rotatable bonds is 2. The van der Waals surface area contributed by atoms with Crippen LogP contribution in [0.3, 0.4) is 0 Å². The molecule has 0 aliphatic carbocycles. The molecule has 0 spiro atoms. The van der Waals surface area contributed by atoms with Crippen LogP contribution in [0.5, 0.6) is 0 Å². The Morgan fingerprint density at radius 3 is 2.33 bits per heavy atom. The van der Waals surface area contributed by atoms with Crippen LogP contribution < -0.4 is 0 Å². The third kappa shape index (κ3) is 2.95. The number of hydrogen-bond donors (Lipinski definition) is 0. The highest BCUT2D eigenvalue weighted by molar-refractivity contribution is 6.18. The zero-order valence-electron chi connectivity index (χ0n) is 13.9. The second-order valence-corrected chi connectivity index (χ2v) is 6.06. The maximum absolute atomic E-state index is 12.0. The Kier molecular flexibility index (Phi) is 3.75. The van der Waals surface area contributed by atoms with E-state index in [1.54, 1.807) is 6.07 Å². The molecule has 24 heavy (non-hydrogen) atoms. The first kappa shape index (κ1) is 16.0. The zero-order chi connectivity index (χ0) is 17.5. The first-order valence-corrected chi connectivity index (χ1v) is 7.48. The molecule has 0 amide bonds. The molecule has 6 nitrogen and oxygen atoms in total. The first-order chi connectivity index (χ1) is 11.3. The van der Waals surface area contributed by atoms with Crippen molar-refractivity contribution in [1.29, 1.82) is 0 Å². The topological polar surface area (TPSA) is 78.6 Å². The van der Waals surface area contributed by atoms with Crippen molar-refractivity contribution in [3.8, 4) is 11.1 Å². The van der Waals surface area contributed by atoms with Crippen LogP contribution in [0.2, 0.25) is 0 Å². The summed E-state index contributed by atoms with van der Waals surface area (Å²) in [6.45, 7) is 6.71. The molecule has 3 rings (SSSR count). The number of ether oxygens (including phenoxy) is 2. The number of hydrogen-bond acceptors (Lipinski definition) is 6. The summed E-state index contributed by atoms with van der Waals surface area (Å²) < 4.78 is 15.4. The number of cyclic esters (lactones) is 2. The average Bonchev–Trinajstić information content (AvgIpc) is 2.81. The molecule has 1 aromatic carbocycles. The van der Waals surface area contributed by atoms with Gasteiger partial charge in [-0.25, -0.2) is 9.59 Å². The molecule has 2 heterocycles. The van der Waals surface area contributed by atoms with E-state index in [1.165, 1.54) is 19.9 Å². The van der Waals surface area contributed by atoms with Gasteiger partial charge in [-0.05, 0) is 37.1 Å². The Hall–Kier alpha value is -2.89. The smallest absolute Gasteiger partial charge is 0.348 e. The minimum atomic E-state index is -1.25. The number of benzene rings is 1. The standard InChI is InChI=1S/C18H17NO5/c1-10-15(11(2)24-19-10)13-7-5-6-12(8-13)9-14-16(20)22-18(3,4)23-17(14)21/h5-9H,1-4H3. The zero-order valence-corrected chi connectivity index (χ0v) is 13.9.